The van der Waals surface area contributed by atoms with Gasteiger partial charge in [0.15, 0.2) is 12.4 Å². The molecule has 2 aromatic carbocycles. The van der Waals surface area contributed by atoms with Gasteiger partial charge in [0.05, 0.1) is 5.69 Å². The molecule has 0 unspecified atom stereocenters. The Balaban J connectivity index is 0.00000280. The Morgan fingerprint density at radius 1 is 1.14 bits per heavy atom. The van der Waals surface area contributed by atoms with Crippen molar-refractivity contribution in [2.45, 2.75) is 25.7 Å². The summed E-state index contributed by atoms with van der Waals surface area (Å²) in [4.78, 5) is 23.7. The van der Waals surface area contributed by atoms with Gasteiger partial charge in [-0.05, 0) is 68.2 Å². The largest absolute Gasteiger partial charge is 0.482 e. The van der Waals surface area contributed by atoms with Crippen LogP contribution in [0.15, 0.2) is 42.5 Å². The Hall–Kier alpha value is -2.44. The van der Waals surface area contributed by atoms with Gasteiger partial charge >= 0.3 is 0 Å². The van der Waals surface area contributed by atoms with E-state index in [4.69, 9.17) is 4.74 Å². The van der Waals surface area contributed by atoms with E-state index in [0.29, 0.717) is 23.4 Å². The van der Waals surface area contributed by atoms with Crippen LogP contribution in [0.4, 0.5) is 10.1 Å². The molecule has 0 radical (unpaired) electrons. The van der Waals surface area contributed by atoms with Crippen molar-refractivity contribution in [2.24, 2.45) is 0 Å². The number of amides is 1. The molecular weight excluding hydrogens is 383 g/mol. The van der Waals surface area contributed by atoms with Gasteiger partial charge < -0.3 is 15.4 Å². The van der Waals surface area contributed by atoms with Gasteiger partial charge in [-0.15, -0.1) is 12.4 Å². The molecule has 0 aromatic heterocycles. The summed E-state index contributed by atoms with van der Waals surface area (Å²) < 4.78 is 18.4. The van der Waals surface area contributed by atoms with Crippen molar-refractivity contribution in [3.05, 3.63) is 59.4 Å². The number of unbranched alkanes of at least 4 members (excludes halogenated alkanes) is 1. The Morgan fingerprint density at radius 3 is 2.82 bits per heavy atom. The highest BCUT2D eigenvalue weighted by molar-refractivity contribution is 6.00. The normalized spacial score (nSPS) is 12.4. The highest BCUT2D eigenvalue weighted by Crippen LogP contribution is 2.28. The molecule has 1 aliphatic rings. The zero-order chi connectivity index (χ0) is 19.1. The topological polar surface area (TPSA) is 67.4 Å². The van der Waals surface area contributed by atoms with E-state index in [1.54, 1.807) is 30.3 Å². The average molecular weight is 407 g/mol. The molecular formula is C21H24ClFN2O3. The first-order valence-electron chi connectivity index (χ1n) is 9.17. The molecule has 0 spiro atoms. The van der Waals surface area contributed by atoms with E-state index in [2.05, 4.69) is 10.6 Å². The number of rotatable bonds is 9. The summed E-state index contributed by atoms with van der Waals surface area (Å²) in [6, 6.07) is 11.7. The van der Waals surface area contributed by atoms with Crippen LogP contribution in [-0.4, -0.2) is 31.4 Å². The fourth-order valence-electron chi connectivity index (χ4n) is 2.99. The van der Waals surface area contributed by atoms with E-state index in [-0.39, 0.29) is 36.5 Å². The first kappa shape index (κ1) is 21.9. The summed E-state index contributed by atoms with van der Waals surface area (Å²) in [5.41, 5.74) is 2.11. The lowest BCUT2D eigenvalue weighted by Gasteiger charge is -2.18. The third-order valence-electron chi connectivity index (χ3n) is 4.42. The number of benzene rings is 2. The van der Waals surface area contributed by atoms with Gasteiger partial charge in [-0.25, -0.2) is 4.39 Å². The summed E-state index contributed by atoms with van der Waals surface area (Å²) in [5.74, 6) is 0.224. The monoisotopic (exact) mass is 406 g/mol. The van der Waals surface area contributed by atoms with Crippen LogP contribution in [0, 0.1) is 5.82 Å². The van der Waals surface area contributed by atoms with Crippen LogP contribution < -0.4 is 15.4 Å². The molecule has 28 heavy (non-hydrogen) atoms. The molecule has 1 amide bonds. The number of hydrogen-bond acceptors (Lipinski definition) is 4. The predicted molar refractivity (Wildman–Crippen MR) is 109 cm³/mol. The van der Waals surface area contributed by atoms with Crippen LogP contribution in [0.5, 0.6) is 5.75 Å². The van der Waals surface area contributed by atoms with Gasteiger partial charge in [-0.2, -0.15) is 0 Å². The lowest BCUT2D eigenvalue weighted by atomic mass is 10.0. The van der Waals surface area contributed by atoms with Gasteiger partial charge in [-0.1, -0.05) is 12.1 Å². The maximum atomic E-state index is 13.1. The standard InChI is InChI=1S/C21H23FN2O3.ClH/c22-17-5-3-4-15(12-17)9-11-23-10-2-1-6-19(25)16-7-8-20-18(13-16)24-21(26)14-27-20;/h3-5,7-8,12-13,23H,1-2,6,9-11,14H2,(H,24,26);1H. The molecule has 2 N–H and O–H groups in total. The van der Waals surface area contributed by atoms with Crippen molar-refractivity contribution in [2.75, 3.05) is 25.0 Å². The molecule has 150 valence electrons. The molecule has 0 saturated heterocycles. The molecule has 0 bridgehead atoms. The minimum Gasteiger partial charge on any atom is -0.482 e. The number of ether oxygens (including phenoxy) is 1. The summed E-state index contributed by atoms with van der Waals surface area (Å²) in [6.45, 7) is 1.60. The number of anilines is 1. The van der Waals surface area contributed by atoms with Gasteiger partial charge in [0.1, 0.15) is 11.6 Å². The van der Waals surface area contributed by atoms with E-state index in [9.17, 15) is 14.0 Å². The summed E-state index contributed by atoms with van der Waals surface area (Å²) >= 11 is 0. The van der Waals surface area contributed by atoms with Gasteiger partial charge in [0.25, 0.3) is 5.91 Å². The molecule has 2 aromatic rings. The highest BCUT2D eigenvalue weighted by Gasteiger charge is 2.17. The number of nitrogens with one attached hydrogen (secondary N) is 2. The maximum Gasteiger partial charge on any atom is 0.262 e. The van der Waals surface area contributed by atoms with E-state index in [1.165, 1.54) is 6.07 Å². The number of halogens is 2. The quantitative estimate of drug-likeness (QED) is 0.491. The molecule has 0 fully saturated rings. The second-order valence-corrected chi connectivity index (χ2v) is 6.56. The van der Waals surface area contributed by atoms with Gasteiger partial charge in [-0.3, -0.25) is 9.59 Å². The summed E-state index contributed by atoms with van der Waals surface area (Å²) in [6.07, 6.45) is 2.91. The molecule has 1 aliphatic heterocycles. The first-order chi connectivity index (χ1) is 13.1. The number of Topliss-reactive ketones (excluding diaryl/α,β-unsaturated/α-hetero) is 1. The molecule has 0 aliphatic carbocycles. The Bertz CT molecular complexity index is 829. The highest BCUT2D eigenvalue weighted by atomic mass is 35.5. The molecule has 0 atom stereocenters. The first-order valence-corrected chi connectivity index (χ1v) is 9.17. The molecule has 7 heteroatoms. The molecule has 3 rings (SSSR count). The fraction of sp³-hybridized carbons (Fsp3) is 0.333. The smallest absolute Gasteiger partial charge is 0.262 e. The third kappa shape index (κ3) is 6.32. The SMILES string of the molecule is Cl.O=C1COc2ccc(C(=O)CCCCNCCc3cccc(F)c3)cc2N1. The Morgan fingerprint density at radius 2 is 2.00 bits per heavy atom. The number of hydrogen-bond donors (Lipinski definition) is 2. The minimum atomic E-state index is -0.212. The van der Waals surface area contributed by atoms with Crippen molar-refractivity contribution < 1.29 is 18.7 Å². The van der Waals surface area contributed by atoms with E-state index >= 15 is 0 Å². The van der Waals surface area contributed by atoms with Crippen molar-refractivity contribution in [1.82, 2.24) is 5.32 Å². The van der Waals surface area contributed by atoms with Crippen LogP contribution in [0.3, 0.4) is 0 Å². The maximum absolute atomic E-state index is 13.1. The fourth-order valence-corrected chi connectivity index (χ4v) is 2.99. The minimum absolute atomic E-state index is 0. The lowest BCUT2D eigenvalue weighted by Crippen LogP contribution is -2.25. The van der Waals surface area contributed by atoms with Crippen molar-refractivity contribution in [1.29, 1.82) is 0 Å². The third-order valence-corrected chi connectivity index (χ3v) is 4.42. The van der Waals surface area contributed by atoms with Crippen LogP contribution >= 0.6 is 12.4 Å². The summed E-state index contributed by atoms with van der Waals surface area (Å²) in [7, 11) is 0. The zero-order valence-corrected chi connectivity index (χ0v) is 16.3. The predicted octanol–water partition coefficient (Wildman–Crippen LogP) is 3.76. The number of carbonyl (C=O) groups is 2. The molecule has 5 nitrogen and oxygen atoms in total. The number of ketones is 1. The van der Waals surface area contributed by atoms with Gasteiger partial charge in [0, 0.05) is 12.0 Å². The van der Waals surface area contributed by atoms with Crippen LogP contribution in [0.2, 0.25) is 0 Å². The van der Waals surface area contributed by atoms with Crippen molar-refractivity contribution in [3.8, 4) is 5.75 Å². The summed E-state index contributed by atoms with van der Waals surface area (Å²) in [5, 5.41) is 6.03. The molecule has 0 saturated carbocycles. The van der Waals surface area contributed by atoms with Crippen LogP contribution in [0.1, 0.15) is 35.2 Å². The van der Waals surface area contributed by atoms with Crippen molar-refractivity contribution >= 4 is 29.8 Å². The Labute approximate surface area is 170 Å². The molecule has 1 heterocycles. The lowest BCUT2D eigenvalue weighted by molar-refractivity contribution is -0.118. The Kier molecular flexibility index (Phi) is 8.42. The van der Waals surface area contributed by atoms with Crippen molar-refractivity contribution in [3.63, 3.8) is 0 Å². The van der Waals surface area contributed by atoms with Crippen LogP contribution in [0.25, 0.3) is 0 Å². The van der Waals surface area contributed by atoms with Gasteiger partial charge in [0.2, 0.25) is 0 Å². The van der Waals surface area contributed by atoms with Crippen LogP contribution in [-0.2, 0) is 11.2 Å². The van der Waals surface area contributed by atoms with E-state index in [1.807, 2.05) is 6.07 Å². The van der Waals surface area contributed by atoms with E-state index < -0.39 is 0 Å². The second kappa shape index (κ2) is 10.8. The zero-order valence-electron chi connectivity index (χ0n) is 15.5. The number of carbonyl (C=O) groups excluding carboxylic acids is 2. The average Bonchev–Trinajstić information content (AvgIpc) is 2.66. The second-order valence-electron chi connectivity index (χ2n) is 6.56. The number of fused-ring (bicyclic) bond motifs is 1. The van der Waals surface area contributed by atoms with E-state index in [0.717, 1.165) is 37.9 Å².